The van der Waals surface area contributed by atoms with Gasteiger partial charge < -0.3 is 0 Å². The van der Waals surface area contributed by atoms with Crippen LogP contribution in [0.2, 0.25) is 0 Å². The molecule has 1 aliphatic rings. The quantitative estimate of drug-likeness (QED) is 0.576. The van der Waals surface area contributed by atoms with Crippen LogP contribution in [-0.2, 0) is 19.3 Å². The second kappa shape index (κ2) is 5.58. The first-order valence-corrected chi connectivity index (χ1v) is 8.13. The standard InChI is InChI=1S/C20H19N3/c1-3-19-21-13(2)22-20(23-19)11-14-8-9-18-16(10-14)12-15-6-4-5-7-17(15)18/h4-10H,3,11-12H2,1-2H3. The average Bonchev–Trinajstić information content (AvgIpc) is 2.92. The predicted molar refractivity (Wildman–Crippen MR) is 91.4 cm³/mol. The van der Waals surface area contributed by atoms with E-state index in [0.29, 0.717) is 0 Å². The zero-order chi connectivity index (χ0) is 15.8. The first kappa shape index (κ1) is 14.1. The fraction of sp³-hybridized carbons (Fsp3) is 0.250. The maximum absolute atomic E-state index is 4.56. The molecular formula is C20H19N3. The molecule has 114 valence electrons. The van der Waals surface area contributed by atoms with E-state index in [1.165, 1.54) is 27.8 Å². The molecule has 0 N–H and O–H groups in total. The van der Waals surface area contributed by atoms with Crippen LogP contribution in [0.25, 0.3) is 11.1 Å². The van der Waals surface area contributed by atoms with Gasteiger partial charge in [0.1, 0.15) is 17.5 Å². The summed E-state index contributed by atoms with van der Waals surface area (Å²) in [6.07, 6.45) is 2.63. The van der Waals surface area contributed by atoms with Crippen LogP contribution in [0.4, 0.5) is 0 Å². The van der Waals surface area contributed by atoms with E-state index < -0.39 is 0 Å². The van der Waals surface area contributed by atoms with Crippen molar-refractivity contribution < 1.29 is 0 Å². The largest absolute Gasteiger partial charge is 0.218 e. The fourth-order valence-electron chi connectivity index (χ4n) is 3.33. The van der Waals surface area contributed by atoms with E-state index >= 15 is 0 Å². The monoisotopic (exact) mass is 301 g/mol. The minimum absolute atomic E-state index is 0.764. The van der Waals surface area contributed by atoms with Gasteiger partial charge in [0.05, 0.1) is 0 Å². The number of aromatic nitrogens is 3. The summed E-state index contributed by atoms with van der Waals surface area (Å²) in [6, 6.07) is 15.4. The number of aryl methyl sites for hydroxylation is 2. The van der Waals surface area contributed by atoms with Crippen molar-refractivity contribution >= 4 is 0 Å². The van der Waals surface area contributed by atoms with Crippen molar-refractivity contribution in [2.45, 2.75) is 33.1 Å². The summed E-state index contributed by atoms with van der Waals surface area (Å²) in [5.74, 6) is 2.55. The van der Waals surface area contributed by atoms with Crippen LogP contribution in [0.15, 0.2) is 42.5 Å². The highest BCUT2D eigenvalue weighted by Crippen LogP contribution is 2.36. The van der Waals surface area contributed by atoms with Crippen molar-refractivity contribution in [3.8, 4) is 11.1 Å². The highest BCUT2D eigenvalue weighted by atomic mass is 15.0. The number of benzene rings is 2. The lowest BCUT2D eigenvalue weighted by Gasteiger charge is -2.06. The van der Waals surface area contributed by atoms with Crippen LogP contribution in [-0.4, -0.2) is 15.0 Å². The maximum Gasteiger partial charge on any atom is 0.136 e. The lowest BCUT2D eigenvalue weighted by atomic mass is 10.0. The molecule has 1 aliphatic carbocycles. The van der Waals surface area contributed by atoms with Gasteiger partial charge in [0.2, 0.25) is 0 Å². The van der Waals surface area contributed by atoms with Crippen LogP contribution in [0.5, 0.6) is 0 Å². The van der Waals surface area contributed by atoms with E-state index in [9.17, 15) is 0 Å². The molecule has 1 heterocycles. The summed E-state index contributed by atoms with van der Waals surface area (Å²) in [5.41, 5.74) is 6.84. The molecule has 4 rings (SSSR count). The van der Waals surface area contributed by atoms with Gasteiger partial charge in [0, 0.05) is 12.8 Å². The molecule has 2 aromatic carbocycles. The van der Waals surface area contributed by atoms with E-state index in [1.807, 2.05) is 6.92 Å². The van der Waals surface area contributed by atoms with Crippen molar-refractivity contribution in [1.29, 1.82) is 0 Å². The van der Waals surface area contributed by atoms with Crippen LogP contribution in [0.1, 0.15) is 41.1 Å². The molecule has 3 heteroatoms. The van der Waals surface area contributed by atoms with Crippen LogP contribution >= 0.6 is 0 Å². The van der Waals surface area contributed by atoms with Crippen molar-refractivity contribution in [2.75, 3.05) is 0 Å². The molecule has 0 bridgehead atoms. The number of nitrogens with zero attached hydrogens (tertiary/aromatic N) is 3. The van der Waals surface area contributed by atoms with Gasteiger partial charge in [-0.2, -0.15) is 0 Å². The van der Waals surface area contributed by atoms with Crippen molar-refractivity contribution in [1.82, 2.24) is 15.0 Å². The van der Waals surface area contributed by atoms with Crippen LogP contribution in [0.3, 0.4) is 0 Å². The summed E-state index contributed by atoms with van der Waals surface area (Å²) < 4.78 is 0. The Morgan fingerprint density at radius 1 is 0.870 bits per heavy atom. The summed E-state index contributed by atoms with van der Waals surface area (Å²) in [5, 5.41) is 0. The highest BCUT2D eigenvalue weighted by molar-refractivity contribution is 5.76. The molecule has 0 fully saturated rings. The molecule has 0 aliphatic heterocycles. The normalized spacial score (nSPS) is 12.1. The number of hydrogen-bond donors (Lipinski definition) is 0. The first-order chi connectivity index (χ1) is 11.2. The molecule has 0 saturated heterocycles. The topological polar surface area (TPSA) is 38.7 Å². The highest BCUT2D eigenvalue weighted by Gasteiger charge is 2.18. The average molecular weight is 301 g/mol. The van der Waals surface area contributed by atoms with Gasteiger partial charge in [-0.1, -0.05) is 49.4 Å². The molecule has 1 aromatic heterocycles. The number of rotatable bonds is 3. The number of hydrogen-bond acceptors (Lipinski definition) is 3. The van der Waals surface area contributed by atoms with Gasteiger partial charge >= 0.3 is 0 Å². The fourth-order valence-corrected chi connectivity index (χ4v) is 3.33. The van der Waals surface area contributed by atoms with E-state index in [0.717, 1.165) is 36.7 Å². The Morgan fingerprint density at radius 2 is 1.65 bits per heavy atom. The lowest BCUT2D eigenvalue weighted by Crippen LogP contribution is -2.05. The van der Waals surface area contributed by atoms with E-state index in [1.54, 1.807) is 0 Å². The summed E-state index contributed by atoms with van der Waals surface area (Å²) in [6.45, 7) is 4.01. The predicted octanol–water partition coefficient (Wildman–Crippen LogP) is 3.90. The summed E-state index contributed by atoms with van der Waals surface area (Å²) in [7, 11) is 0. The first-order valence-electron chi connectivity index (χ1n) is 8.13. The molecule has 0 atom stereocenters. The SMILES string of the molecule is CCc1nc(C)nc(Cc2ccc3c(c2)Cc2ccccc2-3)n1. The Bertz CT molecular complexity index is 884. The second-order valence-electron chi connectivity index (χ2n) is 6.07. The Balaban J connectivity index is 1.65. The Kier molecular flexibility index (Phi) is 3.41. The minimum atomic E-state index is 0.764. The van der Waals surface area contributed by atoms with E-state index in [-0.39, 0.29) is 0 Å². The lowest BCUT2D eigenvalue weighted by molar-refractivity contribution is 0.807. The molecule has 0 saturated carbocycles. The van der Waals surface area contributed by atoms with Crippen LogP contribution in [0, 0.1) is 6.92 Å². The zero-order valence-electron chi connectivity index (χ0n) is 13.5. The molecule has 0 radical (unpaired) electrons. The third-order valence-corrected chi connectivity index (χ3v) is 4.38. The van der Waals surface area contributed by atoms with Crippen LogP contribution < -0.4 is 0 Å². The maximum atomic E-state index is 4.56. The molecular weight excluding hydrogens is 282 g/mol. The molecule has 23 heavy (non-hydrogen) atoms. The van der Waals surface area contributed by atoms with Crippen molar-refractivity contribution in [3.05, 3.63) is 76.6 Å². The minimum Gasteiger partial charge on any atom is -0.218 e. The smallest absolute Gasteiger partial charge is 0.136 e. The Morgan fingerprint density at radius 3 is 2.52 bits per heavy atom. The third kappa shape index (κ3) is 2.63. The van der Waals surface area contributed by atoms with E-state index in [4.69, 9.17) is 0 Å². The Hall–Kier alpha value is -2.55. The van der Waals surface area contributed by atoms with Gasteiger partial charge in [0.15, 0.2) is 0 Å². The van der Waals surface area contributed by atoms with Crippen molar-refractivity contribution in [3.63, 3.8) is 0 Å². The second-order valence-corrected chi connectivity index (χ2v) is 6.07. The van der Waals surface area contributed by atoms with Gasteiger partial charge in [0.25, 0.3) is 0 Å². The third-order valence-electron chi connectivity index (χ3n) is 4.38. The number of fused-ring (bicyclic) bond motifs is 3. The Labute approximate surface area is 136 Å². The van der Waals surface area contributed by atoms with Gasteiger partial charge in [-0.05, 0) is 41.2 Å². The summed E-state index contributed by atoms with van der Waals surface area (Å²) >= 11 is 0. The van der Waals surface area contributed by atoms with Gasteiger partial charge in [-0.15, -0.1) is 0 Å². The van der Waals surface area contributed by atoms with E-state index in [2.05, 4.69) is 64.3 Å². The molecule has 3 aromatic rings. The molecule has 0 spiro atoms. The zero-order valence-corrected chi connectivity index (χ0v) is 13.5. The van der Waals surface area contributed by atoms with Gasteiger partial charge in [-0.3, -0.25) is 0 Å². The van der Waals surface area contributed by atoms with Crippen molar-refractivity contribution in [2.24, 2.45) is 0 Å². The molecule has 0 amide bonds. The molecule has 3 nitrogen and oxygen atoms in total. The molecule has 0 unspecified atom stereocenters. The summed E-state index contributed by atoms with van der Waals surface area (Å²) in [4.78, 5) is 13.4. The van der Waals surface area contributed by atoms with Gasteiger partial charge in [-0.25, -0.2) is 15.0 Å².